The molecule has 662 valence electrons. The van der Waals surface area contributed by atoms with Gasteiger partial charge in [0.1, 0.15) is 4.60 Å². The molecule has 0 saturated heterocycles. The van der Waals surface area contributed by atoms with Crippen molar-refractivity contribution in [1.82, 2.24) is 78.2 Å². The molecule has 0 bridgehead atoms. The zero-order chi connectivity index (χ0) is 90.0. The molecule has 0 aliphatic carbocycles. The number of aryl methyl sites for hydroxylation is 2. The smallest absolute Gasteiger partial charge is 0.131 e. The van der Waals surface area contributed by atoms with E-state index >= 15 is 0 Å². The van der Waals surface area contributed by atoms with Crippen LogP contribution in [-0.4, -0.2) is 78.2 Å². The summed E-state index contributed by atoms with van der Waals surface area (Å²) in [5.74, 6) is 11.0. The zero-order valence-electron chi connectivity index (χ0n) is 83.5. The molecule has 17 heteroatoms. The lowest BCUT2D eigenvalue weighted by molar-refractivity contribution is 0.349. The number of rotatable bonds is 37. The van der Waals surface area contributed by atoms with Crippen LogP contribution in [0.15, 0.2) is 97.3 Å². The van der Waals surface area contributed by atoms with Crippen molar-refractivity contribution in [3.8, 4) is 0 Å². The predicted molar refractivity (Wildman–Crippen MR) is 504 cm³/mol. The van der Waals surface area contributed by atoms with Gasteiger partial charge in [-0.3, -0.25) is 37.5 Å². The van der Waals surface area contributed by atoms with Crippen LogP contribution in [0.2, 0.25) is 0 Å². The van der Waals surface area contributed by atoms with Crippen molar-refractivity contribution >= 4 is 15.9 Å². The van der Waals surface area contributed by atoms with Gasteiger partial charge in [-0.05, 0) is 254 Å². The lowest BCUT2D eigenvalue weighted by atomic mass is 9.98. The number of aromatic nitrogens is 16. The maximum atomic E-state index is 7.93. The second kappa shape index (κ2) is 58.0. The summed E-state index contributed by atoms with van der Waals surface area (Å²) >= 11 is 3.50. The monoisotopic (exact) mass is 1670 g/mol. The first-order chi connectivity index (χ1) is 54.9. The molecule has 8 aromatic heterocycles. The van der Waals surface area contributed by atoms with Gasteiger partial charge in [0, 0.05) is 96.1 Å². The number of hydrogen-bond donors (Lipinski definition) is 0. The van der Waals surface area contributed by atoms with Crippen LogP contribution in [0.3, 0.4) is 0 Å². The van der Waals surface area contributed by atoms with E-state index in [0.29, 0.717) is 88.7 Å². The summed E-state index contributed by atoms with van der Waals surface area (Å²) in [5, 5.41) is 35.2. The molecule has 0 aliphatic heterocycles. The van der Waals surface area contributed by atoms with E-state index in [1.165, 1.54) is 69.6 Å². The summed E-state index contributed by atoms with van der Waals surface area (Å²) in [7, 11) is 0. The van der Waals surface area contributed by atoms with Crippen LogP contribution in [0.4, 0.5) is 0 Å². The van der Waals surface area contributed by atoms with Gasteiger partial charge in [-0.15, -0.1) is 0 Å². The Morgan fingerprint density at radius 2 is 0.776 bits per heavy atom. The average Bonchev–Trinajstić information content (AvgIpc) is 1.67. The van der Waals surface area contributed by atoms with Crippen molar-refractivity contribution in [2.24, 2.45) is 101 Å². The molecule has 0 aromatic carbocycles. The Balaban J connectivity index is 0.000000674. The second-order valence-corrected chi connectivity index (χ2v) is 40.7. The van der Waals surface area contributed by atoms with Gasteiger partial charge in [0.2, 0.25) is 0 Å². The molecular formula is C99H179BrN16. The summed E-state index contributed by atoms with van der Waals surface area (Å²) in [4.78, 5) is 0. The first kappa shape index (κ1) is 104. The Labute approximate surface area is 724 Å². The Morgan fingerprint density at radius 3 is 1.22 bits per heavy atom. The molecule has 0 amide bonds. The molecule has 8 heterocycles. The third-order valence-corrected chi connectivity index (χ3v) is 19.8. The van der Waals surface area contributed by atoms with E-state index in [1.54, 1.807) is 6.20 Å². The lowest BCUT2D eigenvalue weighted by Gasteiger charge is -2.15. The van der Waals surface area contributed by atoms with Gasteiger partial charge in [-0.2, -0.15) is 40.8 Å². The fourth-order valence-corrected chi connectivity index (χ4v) is 13.5. The van der Waals surface area contributed by atoms with E-state index in [9.17, 15) is 0 Å². The topological polar surface area (TPSA) is 143 Å². The maximum Gasteiger partial charge on any atom is 0.131 e. The van der Waals surface area contributed by atoms with E-state index in [1.807, 2.05) is 65.1 Å². The van der Waals surface area contributed by atoms with Gasteiger partial charge in [-0.1, -0.05) is 241 Å². The number of hydrogen-bond acceptors (Lipinski definition) is 8. The van der Waals surface area contributed by atoms with Gasteiger partial charge in [0.05, 0.1) is 55.5 Å². The Kier molecular flexibility index (Phi) is 52.0. The standard InChI is InChI=1S/4C13H24N2.C13H22N2.C12H22N2.C11H19BrN2.C11H20N2/c1-10(2)6-13-7-14-15(9-13)8-12(5)11(3)4;1-10(2)6-12(5)15-9-13(8-14-15)7-11(3)4;1-9(2)7-13-11(5)14-15(12(13)6)8-10(3)4;2*1-11(2)6-5-7-15-10-13(9-14-15)8-12(3)4;1-9(2)6-12-7-13-14(8-12)11(5)10(3)4;1-8(2)5-10-7-14(6-9(3)4)13-11(10)12;1-9(2)5-11-6-12-13(8-11)7-10(3)4/h7,9-12H,6,8H2,1-5H3;8-12H,6-7H2,1-5H3;9-10H,7-8H2,1-6H3;9-12H,5-8H2,1-4H3;5-6,9-12H,7-8H2,1-4H3;7-11H,6H2,1-5H3;7-9H,5-6H2,1-4H3;6,8-10H,5,7H2,1-4H3/b;;;;6-5+;;;/t;12-;;;;11-;;/m.1...1../s1/i;;;;;;;5D2. The lowest BCUT2D eigenvalue weighted by Crippen LogP contribution is -2.13. The molecule has 0 saturated carbocycles. The molecule has 0 aliphatic rings. The van der Waals surface area contributed by atoms with Crippen LogP contribution in [0.25, 0.3) is 0 Å². The van der Waals surface area contributed by atoms with Crippen molar-refractivity contribution in [3.63, 3.8) is 0 Å². The highest BCUT2D eigenvalue weighted by atomic mass is 79.9. The third kappa shape index (κ3) is 50.7. The first-order valence-corrected chi connectivity index (χ1v) is 46.2. The summed E-state index contributed by atoms with van der Waals surface area (Å²) in [6, 6.07) is 1.02. The van der Waals surface area contributed by atoms with Crippen LogP contribution >= 0.6 is 15.9 Å². The molecule has 0 N–H and O–H groups in total. The van der Waals surface area contributed by atoms with Crippen LogP contribution in [0, 0.1) is 114 Å². The van der Waals surface area contributed by atoms with Gasteiger partial charge in [0.25, 0.3) is 0 Å². The summed E-state index contributed by atoms with van der Waals surface area (Å²) in [6.07, 6.45) is 41.3. The minimum Gasteiger partial charge on any atom is -0.272 e. The minimum atomic E-state index is -1.28. The van der Waals surface area contributed by atoms with Crippen LogP contribution in [0.1, 0.15) is 332 Å². The van der Waals surface area contributed by atoms with E-state index in [0.717, 1.165) is 112 Å². The van der Waals surface area contributed by atoms with Crippen molar-refractivity contribution in [1.29, 1.82) is 0 Å². The molecule has 1 unspecified atom stereocenters. The van der Waals surface area contributed by atoms with E-state index in [4.69, 9.17) is 2.74 Å². The molecule has 16 nitrogen and oxygen atoms in total. The van der Waals surface area contributed by atoms with Crippen LogP contribution < -0.4 is 0 Å². The Hall–Kier alpha value is -6.10. The first-order valence-electron chi connectivity index (χ1n) is 46.4. The SMILES string of the molecule is CC(C)/C=C/Cn1cc(CC(C)C)cn1.CC(C)CCCn1cc(CC(C)C)cn1.CC(C)Cc1cn(CC(C)C)nc1Br.CC(C)Cc1cnn(CC(C)C(C)C)c1.CC(C)Cc1cnn([C@H](C)C(C)C)c1.CC(C)Cc1cnn([C@H](C)CC(C)C)c1.Cc1nn(CC(C)C)c(C)c1CC(C)C.[2H]C([2H])(c1cnn(CC(C)C)c1)C(C)C. The molecule has 8 rings (SSSR count). The van der Waals surface area contributed by atoms with Gasteiger partial charge in [0.15, 0.2) is 0 Å². The van der Waals surface area contributed by atoms with Crippen LogP contribution in [0.5, 0.6) is 0 Å². The fourth-order valence-electron chi connectivity index (χ4n) is 13.0. The number of allylic oxidation sites excluding steroid dienone is 2. The molecule has 3 atom stereocenters. The quantitative estimate of drug-likeness (QED) is 0.0350. The average molecular weight is 1680 g/mol. The predicted octanol–water partition coefficient (Wildman–Crippen LogP) is 26.8. The molecule has 0 fully saturated rings. The summed E-state index contributed by atoms with van der Waals surface area (Å²) < 4.78 is 33.2. The van der Waals surface area contributed by atoms with Crippen molar-refractivity contribution in [2.75, 3.05) is 0 Å². The highest BCUT2D eigenvalue weighted by Crippen LogP contribution is 2.23. The molecule has 116 heavy (non-hydrogen) atoms. The van der Waals surface area contributed by atoms with Crippen molar-refractivity contribution < 1.29 is 2.74 Å². The third-order valence-electron chi connectivity index (χ3n) is 19.1. The highest BCUT2D eigenvalue weighted by Gasteiger charge is 2.17. The molecule has 8 aromatic rings. The maximum absolute atomic E-state index is 7.93. The zero-order valence-corrected chi connectivity index (χ0v) is 83.1. The van der Waals surface area contributed by atoms with E-state index in [-0.39, 0.29) is 5.92 Å². The van der Waals surface area contributed by atoms with E-state index in [2.05, 4.69) is 372 Å². The molecular weight excluding hydrogens is 1490 g/mol. The van der Waals surface area contributed by atoms with Crippen molar-refractivity contribution in [3.05, 3.63) is 153 Å². The van der Waals surface area contributed by atoms with Crippen LogP contribution in [-0.2, 0) is 90.6 Å². The molecule has 0 radical (unpaired) electrons. The second-order valence-electron chi connectivity index (χ2n) is 39.9. The Bertz CT molecular complexity index is 3840. The summed E-state index contributed by atoms with van der Waals surface area (Å²) in [5.41, 5.74) is 12.8. The molecule has 0 spiro atoms. The number of nitrogens with zero attached hydrogens (tertiary/aromatic N) is 16. The normalized spacial score (nSPS) is 12.9. The number of halogens is 1. The Morgan fingerprint density at radius 1 is 0.371 bits per heavy atom. The van der Waals surface area contributed by atoms with Gasteiger partial charge >= 0.3 is 0 Å². The van der Waals surface area contributed by atoms with Gasteiger partial charge < -0.3 is 0 Å². The largest absolute Gasteiger partial charge is 0.272 e. The highest BCUT2D eigenvalue weighted by molar-refractivity contribution is 9.10. The fraction of sp³-hybridized carbons (Fsp3) is 0.737. The van der Waals surface area contributed by atoms with E-state index < -0.39 is 6.37 Å². The summed E-state index contributed by atoms with van der Waals surface area (Å²) in [6.45, 7) is 87.7. The van der Waals surface area contributed by atoms with Gasteiger partial charge in [-0.25, -0.2) is 0 Å². The minimum absolute atomic E-state index is 0.0331. The van der Waals surface area contributed by atoms with Crippen molar-refractivity contribution in [2.45, 2.75) is 378 Å².